The van der Waals surface area contributed by atoms with Crippen LogP contribution in [0.2, 0.25) is 0 Å². The Bertz CT molecular complexity index is 3340. The number of fused-ring (bicyclic) bond motifs is 8. The van der Waals surface area contributed by atoms with Crippen LogP contribution in [0.5, 0.6) is 0 Å². The van der Waals surface area contributed by atoms with E-state index in [0.29, 0.717) is 67.6 Å². The Morgan fingerprint density at radius 1 is 0.733 bits per heavy atom. The Morgan fingerprint density at radius 2 is 1.50 bits per heavy atom. The third-order valence-corrected chi connectivity index (χ3v) is 28.0. The molecule has 7 nitrogen and oxygen atoms in total. The molecule has 0 radical (unpaired) electrons. The van der Waals surface area contributed by atoms with Gasteiger partial charge < -0.3 is 24.8 Å². The number of rotatable bonds is 13. The molecule has 86 heavy (non-hydrogen) atoms. The molecule has 2 bridgehead atoms. The molecule has 4 aromatic carbocycles. The van der Waals surface area contributed by atoms with Gasteiger partial charge in [0.25, 0.3) is 0 Å². The van der Waals surface area contributed by atoms with Crippen LogP contribution in [0.25, 0.3) is 10.8 Å². The quantitative estimate of drug-likeness (QED) is 0.0903. The Morgan fingerprint density at radius 3 is 2.28 bits per heavy atom. The number of esters is 2. The Hall–Kier alpha value is -4.74. The number of aryl methyl sites for hydroxylation is 1. The summed E-state index contributed by atoms with van der Waals surface area (Å²) in [5.41, 5.74) is 3.39. The summed E-state index contributed by atoms with van der Waals surface area (Å²) in [4.78, 5) is 28.4. The zero-order valence-electron chi connectivity index (χ0n) is 52.2. The lowest BCUT2D eigenvalue weighted by molar-refractivity contribution is -0.340. The summed E-state index contributed by atoms with van der Waals surface area (Å²) in [7, 11) is 0. The molecule has 2 aliphatic heterocycles. The monoisotopic (exact) mass is 1160 g/mol. The van der Waals surface area contributed by atoms with Crippen LogP contribution in [-0.4, -0.2) is 57.8 Å². The molecule has 3 spiro atoms. The van der Waals surface area contributed by atoms with Crippen molar-refractivity contribution in [3.05, 3.63) is 130 Å². The third kappa shape index (κ3) is 8.48. The molecular formula is C79H98O7. The summed E-state index contributed by atoms with van der Waals surface area (Å²) < 4.78 is 13.0. The van der Waals surface area contributed by atoms with E-state index in [-0.39, 0.29) is 47.6 Å². The van der Waals surface area contributed by atoms with Crippen molar-refractivity contribution < 1.29 is 34.4 Å². The fraction of sp³-hybridized carbons (Fsp3) is 0.646. The lowest BCUT2D eigenvalue weighted by atomic mass is 9.34. The van der Waals surface area contributed by atoms with Crippen molar-refractivity contribution in [2.24, 2.45) is 56.2 Å². The number of carbonyl (C=O) groups excluding carboxylic acids is 2. The molecule has 456 valence electrons. The van der Waals surface area contributed by atoms with Gasteiger partial charge in [-0.25, -0.2) is 4.79 Å². The highest BCUT2D eigenvalue weighted by molar-refractivity contribution is 5.93. The minimum absolute atomic E-state index is 0.0833. The second-order valence-corrected chi connectivity index (χ2v) is 31.7. The highest BCUT2D eigenvalue weighted by Gasteiger charge is 2.79. The molecule has 7 saturated carbocycles. The van der Waals surface area contributed by atoms with E-state index in [1.807, 2.05) is 0 Å². The largest absolute Gasteiger partial charge is 0.462 e. The summed E-state index contributed by atoms with van der Waals surface area (Å²) in [5.74, 6) is 8.58. The van der Waals surface area contributed by atoms with Crippen molar-refractivity contribution >= 4 is 22.7 Å². The van der Waals surface area contributed by atoms with Crippen LogP contribution < -0.4 is 0 Å². The van der Waals surface area contributed by atoms with Gasteiger partial charge in [0, 0.05) is 30.3 Å². The lowest BCUT2D eigenvalue weighted by Crippen LogP contribution is -2.79. The van der Waals surface area contributed by atoms with Gasteiger partial charge in [0.15, 0.2) is 0 Å². The van der Waals surface area contributed by atoms with Gasteiger partial charge in [-0.05, 0) is 225 Å². The minimum atomic E-state index is -1.75. The number of ether oxygens (including phenoxy) is 2. The lowest BCUT2D eigenvalue weighted by Gasteiger charge is -2.72. The van der Waals surface area contributed by atoms with Gasteiger partial charge in [0.1, 0.15) is 12.7 Å². The highest BCUT2D eigenvalue weighted by Crippen LogP contribution is 2.81. The molecule has 2 heterocycles. The second kappa shape index (κ2) is 21.5. The summed E-state index contributed by atoms with van der Waals surface area (Å²) in [6.07, 6.45) is 25.7. The molecule has 3 N–H and O–H groups in total. The summed E-state index contributed by atoms with van der Waals surface area (Å²) in [5, 5.41) is 45.8. The van der Waals surface area contributed by atoms with E-state index in [9.17, 15) is 20.1 Å². The van der Waals surface area contributed by atoms with E-state index in [0.717, 1.165) is 82.6 Å². The van der Waals surface area contributed by atoms with Gasteiger partial charge in [-0.1, -0.05) is 162 Å². The summed E-state index contributed by atoms with van der Waals surface area (Å²) in [6.45, 7) is 7.02. The summed E-state index contributed by atoms with van der Waals surface area (Å²) >= 11 is 0. The number of aliphatic hydroxyl groups excluding tert-OH is 2. The van der Waals surface area contributed by atoms with E-state index in [1.165, 1.54) is 75.2 Å². The van der Waals surface area contributed by atoms with Gasteiger partial charge in [0.2, 0.25) is 0 Å². The third-order valence-electron chi connectivity index (χ3n) is 28.0. The molecule has 9 aliphatic carbocycles. The Balaban J connectivity index is 0.876. The first-order chi connectivity index (χ1) is 41.6. The van der Waals surface area contributed by atoms with Gasteiger partial charge in [-0.15, -0.1) is 5.92 Å². The van der Waals surface area contributed by atoms with E-state index in [2.05, 4.69) is 124 Å². The summed E-state index contributed by atoms with van der Waals surface area (Å²) in [6, 6.07) is 35.1. The molecule has 16 atom stereocenters. The molecular weight excluding hydrogens is 1060 g/mol. The van der Waals surface area contributed by atoms with E-state index in [1.54, 1.807) is 33.7 Å². The Labute approximate surface area is 513 Å². The zero-order chi connectivity index (χ0) is 58.9. The SMILES string of the molecule is C[C@H](CCCc1ccccc1)CC[C@H](O)[C@]12[C@H](O)CC[C@@](C)([C@@H]3CC[C@]45CC6(CCCC6)[C@H]6C[C@]7(c8ccccc8)CCCC[C@@H]7c7ccc8cccc(c8c7[C@H]64)[C@@H]5C3)[C@@H]1[C@H]1C[C@](C)(C#CCC3(CCCCC3)C(=O)O1)[C@]2(O)CCC1=CC(=O)OC1. The van der Waals surface area contributed by atoms with Crippen molar-refractivity contribution in [3.63, 3.8) is 0 Å². The number of cyclic esters (lactones) is 1. The van der Waals surface area contributed by atoms with Crippen LogP contribution >= 0.6 is 0 Å². The average Bonchev–Trinajstić information content (AvgIpc) is 1.19. The molecule has 7 fully saturated rings. The number of aliphatic hydroxyl groups is 3. The first-order valence-electron chi connectivity index (χ1n) is 34.9. The highest BCUT2D eigenvalue weighted by atomic mass is 16.5. The first-order valence-corrected chi connectivity index (χ1v) is 34.9. The number of hydrogen-bond acceptors (Lipinski definition) is 7. The maximum atomic E-state index is 15.7. The number of benzene rings is 4. The standard InChI is InChI=1S/C79H98O7/c1-52(20-17-23-53-21-7-4-8-22-53)29-32-64(80)79-65(81)35-43-73(3,70(79)63-49-72(2,78(79,84)45-33-54-46-66(82)85-50-54)36-19-41-74(71(83)86-63)37-12-6-13-38-74)57-34-44-77-51-75(39-15-16-40-75)62-48-76(56-25-9-5-10-26-56)42-14-11-28-60(76)59-31-30-55-24-18-27-58(61(77)47-57)67(55)68(59)69(62)77/h4-5,7-10,18,21-22,24-27,30-31,46,52,57,60-65,69-70,80-81,84H,6,11-17,20,23,28-29,32-35,37-45,47-51H2,1-3H3/t52-,57-,60-,61+,62+,63-,64+,65-,69+,70+,72+,73+,76+,77-,78-,79+/m1/s1. The molecule has 15 rings (SSSR count). The molecule has 0 amide bonds. The van der Waals surface area contributed by atoms with Crippen molar-refractivity contribution in [3.8, 4) is 11.8 Å². The predicted octanol–water partition coefficient (Wildman–Crippen LogP) is 16.6. The number of hydrogen-bond donors (Lipinski definition) is 3. The first kappa shape index (κ1) is 57.7. The van der Waals surface area contributed by atoms with Crippen molar-refractivity contribution in [2.45, 2.75) is 254 Å². The normalized spacial score (nSPS) is 39.4. The van der Waals surface area contributed by atoms with E-state index >= 15 is 4.79 Å². The van der Waals surface area contributed by atoms with Crippen molar-refractivity contribution in [1.82, 2.24) is 0 Å². The molecule has 0 aromatic heterocycles. The maximum absolute atomic E-state index is 15.7. The van der Waals surface area contributed by atoms with Crippen molar-refractivity contribution in [2.75, 3.05) is 6.61 Å². The van der Waals surface area contributed by atoms with Gasteiger partial charge in [0.05, 0.1) is 34.1 Å². The van der Waals surface area contributed by atoms with Crippen LogP contribution in [0.4, 0.5) is 0 Å². The maximum Gasteiger partial charge on any atom is 0.331 e. The zero-order valence-corrected chi connectivity index (χ0v) is 52.2. The second-order valence-electron chi connectivity index (χ2n) is 31.7. The average molecular weight is 1160 g/mol. The molecule has 11 aliphatic rings. The van der Waals surface area contributed by atoms with Gasteiger partial charge >= 0.3 is 11.9 Å². The van der Waals surface area contributed by atoms with Gasteiger partial charge in [-0.3, -0.25) is 4.79 Å². The molecule has 0 saturated heterocycles. The smallest absolute Gasteiger partial charge is 0.331 e. The van der Waals surface area contributed by atoms with Crippen molar-refractivity contribution in [1.29, 1.82) is 0 Å². The fourth-order valence-corrected chi connectivity index (χ4v) is 24.2. The van der Waals surface area contributed by atoms with E-state index in [4.69, 9.17) is 9.47 Å². The van der Waals surface area contributed by atoms with Crippen LogP contribution in [0.15, 0.2) is 103 Å². The van der Waals surface area contributed by atoms with Gasteiger partial charge in [-0.2, -0.15) is 0 Å². The topological polar surface area (TPSA) is 113 Å². The number of carbonyl (C=O) groups is 2. The van der Waals surface area contributed by atoms with Crippen LogP contribution in [0.3, 0.4) is 0 Å². The van der Waals surface area contributed by atoms with Crippen LogP contribution in [-0.2, 0) is 30.9 Å². The molecule has 0 unspecified atom stereocenters. The minimum Gasteiger partial charge on any atom is -0.462 e. The molecule has 7 heteroatoms. The predicted molar refractivity (Wildman–Crippen MR) is 339 cm³/mol. The van der Waals surface area contributed by atoms with E-state index < -0.39 is 51.5 Å². The van der Waals surface area contributed by atoms with Crippen LogP contribution in [0.1, 0.15) is 246 Å². The van der Waals surface area contributed by atoms with Crippen LogP contribution in [0, 0.1) is 68.0 Å². The Kier molecular flexibility index (Phi) is 14.4. The fourth-order valence-electron chi connectivity index (χ4n) is 24.2. The molecule has 4 aromatic rings.